The minimum Gasteiger partial charge on any atom is -0.457 e. The average Bonchev–Trinajstić information content (AvgIpc) is 2.90. The van der Waals surface area contributed by atoms with Crippen molar-refractivity contribution in [2.45, 2.75) is 6.04 Å². The highest BCUT2D eigenvalue weighted by Crippen LogP contribution is 2.25. The van der Waals surface area contributed by atoms with E-state index in [1.807, 2.05) is 54.6 Å². The number of nitrogens with one attached hydrogen (secondary N) is 2. The van der Waals surface area contributed by atoms with Crippen molar-refractivity contribution < 1.29 is 9.53 Å². The minimum atomic E-state index is -0.442. The van der Waals surface area contributed by atoms with Crippen LogP contribution in [0.15, 0.2) is 59.6 Å². The van der Waals surface area contributed by atoms with Crippen molar-refractivity contribution in [3.63, 3.8) is 0 Å². The van der Waals surface area contributed by atoms with Crippen LogP contribution in [0.1, 0.15) is 11.6 Å². The van der Waals surface area contributed by atoms with Crippen molar-refractivity contribution in [1.82, 2.24) is 10.6 Å². The molecule has 21 heavy (non-hydrogen) atoms. The van der Waals surface area contributed by atoms with Crippen LogP contribution in [0.3, 0.4) is 0 Å². The van der Waals surface area contributed by atoms with Crippen LogP contribution < -0.4 is 15.4 Å². The van der Waals surface area contributed by atoms with Gasteiger partial charge >= 0.3 is 0 Å². The molecule has 5 heteroatoms. The van der Waals surface area contributed by atoms with E-state index in [1.165, 1.54) is 0 Å². The second kappa shape index (κ2) is 5.66. The third-order valence-electron chi connectivity index (χ3n) is 3.18. The number of hydrogen-bond acceptors (Lipinski definition) is 3. The number of benzene rings is 2. The highest BCUT2D eigenvalue weighted by Gasteiger charge is 2.29. The molecule has 2 aromatic carbocycles. The Bertz CT molecular complexity index is 683. The molecule has 1 amide bonds. The first kappa shape index (κ1) is 13.2. The maximum Gasteiger partial charge on any atom is 0.253 e. The highest BCUT2D eigenvalue weighted by atomic mass is 16.5. The number of ether oxygens (including phenoxy) is 1. The van der Waals surface area contributed by atoms with Crippen LogP contribution >= 0.6 is 0 Å². The number of para-hydroxylation sites is 1. The Labute approximate surface area is 122 Å². The van der Waals surface area contributed by atoms with Crippen LogP contribution in [0.4, 0.5) is 0 Å². The summed E-state index contributed by atoms with van der Waals surface area (Å²) in [6, 6.07) is 16.5. The summed E-state index contributed by atoms with van der Waals surface area (Å²) in [4.78, 5) is 15.9. The number of guanidine groups is 1. The molecule has 0 bridgehead atoms. The molecule has 1 heterocycles. The van der Waals surface area contributed by atoms with Crippen molar-refractivity contribution in [2.75, 3.05) is 7.05 Å². The first-order valence-corrected chi connectivity index (χ1v) is 6.63. The largest absolute Gasteiger partial charge is 0.457 e. The third-order valence-corrected chi connectivity index (χ3v) is 3.18. The first-order chi connectivity index (χ1) is 10.3. The summed E-state index contributed by atoms with van der Waals surface area (Å²) in [6.07, 6.45) is 0. The third kappa shape index (κ3) is 2.86. The molecule has 1 aliphatic rings. The molecule has 3 rings (SSSR count). The second-order valence-corrected chi connectivity index (χ2v) is 4.63. The molecule has 1 saturated heterocycles. The smallest absolute Gasteiger partial charge is 0.253 e. The van der Waals surface area contributed by atoms with Crippen LogP contribution in [0.2, 0.25) is 0 Å². The van der Waals surface area contributed by atoms with Crippen molar-refractivity contribution in [3.8, 4) is 11.5 Å². The van der Waals surface area contributed by atoms with Gasteiger partial charge in [0.05, 0.1) is 0 Å². The Hall–Kier alpha value is -2.82. The van der Waals surface area contributed by atoms with Crippen molar-refractivity contribution in [1.29, 1.82) is 0 Å². The van der Waals surface area contributed by atoms with Gasteiger partial charge in [0.1, 0.15) is 17.5 Å². The fraction of sp³-hybridized carbons (Fsp3) is 0.125. The van der Waals surface area contributed by atoms with E-state index in [9.17, 15) is 4.79 Å². The number of amides is 1. The van der Waals surface area contributed by atoms with E-state index in [0.717, 1.165) is 11.3 Å². The maximum atomic E-state index is 11.9. The normalized spacial score (nSPS) is 19.2. The zero-order chi connectivity index (χ0) is 14.7. The Morgan fingerprint density at radius 3 is 2.52 bits per heavy atom. The van der Waals surface area contributed by atoms with Crippen molar-refractivity contribution >= 4 is 11.9 Å². The summed E-state index contributed by atoms with van der Waals surface area (Å²) in [5, 5.41) is 5.71. The number of aliphatic imine (C=N–C) groups is 1. The van der Waals surface area contributed by atoms with Crippen LogP contribution in [-0.2, 0) is 4.79 Å². The van der Waals surface area contributed by atoms with Gasteiger partial charge in [-0.1, -0.05) is 30.3 Å². The van der Waals surface area contributed by atoms with Gasteiger partial charge in [-0.25, -0.2) is 0 Å². The Balaban J connectivity index is 1.82. The lowest BCUT2D eigenvalue weighted by Gasteiger charge is -2.11. The summed E-state index contributed by atoms with van der Waals surface area (Å²) in [5.74, 6) is 1.82. The fourth-order valence-electron chi connectivity index (χ4n) is 2.16. The molecule has 1 aliphatic heterocycles. The predicted octanol–water partition coefficient (Wildman–Crippen LogP) is 2.23. The molecule has 0 saturated carbocycles. The zero-order valence-corrected chi connectivity index (χ0v) is 11.5. The molecule has 106 valence electrons. The summed E-state index contributed by atoms with van der Waals surface area (Å²) < 4.78 is 5.78. The number of carbonyl (C=O) groups excluding carboxylic acids is 1. The average molecular weight is 281 g/mol. The van der Waals surface area contributed by atoms with E-state index in [0.29, 0.717) is 11.7 Å². The van der Waals surface area contributed by atoms with E-state index in [2.05, 4.69) is 15.6 Å². The maximum absolute atomic E-state index is 11.9. The highest BCUT2D eigenvalue weighted by molar-refractivity contribution is 6.06. The lowest BCUT2D eigenvalue weighted by atomic mass is 10.1. The van der Waals surface area contributed by atoms with Gasteiger partial charge in [-0.2, -0.15) is 0 Å². The summed E-state index contributed by atoms with van der Waals surface area (Å²) >= 11 is 0. The van der Waals surface area contributed by atoms with Gasteiger partial charge in [-0.15, -0.1) is 0 Å². The quantitative estimate of drug-likeness (QED) is 0.907. The van der Waals surface area contributed by atoms with Gasteiger partial charge in [0, 0.05) is 7.05 Å². The number of hydrogen-bond donors (Lipinski definition) is 2. The van der Waals surface area contributed by atoms with E-state index >= 15 is 0 Å². The van der Waals surface area contributed by atoms with Crippen LogP contribution in [-0.4, -0.2) is 18.9 Å². The Morgan fingerprint density at radius 2 is 1.81 bits per heavy atom. The second-order valence-electron chi connectivity index (χ2n) is 4.63. The summed E-state index contributed by atoms with van der Waals surface area (Å²) in [6.45, 7) is 0. The van der Waals surface area contributed by atoms with Crippen LogP contribution in [0.25, 0.3) is 0 Å². The lowest BCUT2D eigenvalue weighted by molar-refractivity contribution is -0.120. The van der Waals surface area contributed by atoms with Gasteiger partial charge < -0.3 is 10.1 Å². The van der Waals surface area contributed by atoms with Gasteiger partial charge in [0.25, 0.3) is 5.91 Å². The van der Waals surface area contributed by atoms with Gasteiger partial charge in [-0.05, 0) is 29.8 Å². The van der Waals surface area contributed by atoms with Crippen LogP contribution in [0.5, 0.6) is 11.5 Å². The van der Waals surface area contributed by atoms with Gasteiger partial charge in [0.15, 0.2) is 5.96 Å². The molecule has 1 unspecified atom stereocenters. The molecule has 1 fully saturated rings. The Kier molecular flexibility index (Phi) is 3.55. The summed E-state index contributed by atoms with van der Waals surface area (Å²) in [5.41, 5.74) is 0.833. The molecule has 5 nitrogen and oxygen atoms in total. The number of nitrogens with zero attached hydrogens (tertiary/aromatic N) is 1. The van der Waals surface area contributed by atoms with Gasteiger partial charge in [-0.3, -0.25) is 15.1 Å². The number of rotatable bonds is 3. The molecular formula is C16H15N3O2. The lowest BCUT2D eigenvalue weighted by Crippen LogP contribution is -2.24. The standard InChI is InChI=1S/C16H15N3O2/c1-17-16-18-14(15(20)19-16)11-6-5-9-13(10-11)21-12-7-3-2-4-8-12/h2-10,14H,1H3,(H2,17,18,19,20). The zero-order valence-electron chi connectivity index (χ0n) is 11.5. The SMILES string of the molecule is CN=C1NC(=O)C(c2cccc(Oc3ccccc3)c2)N1. The first-order valence-electron chi connectivity index (χ1n) is 6.63. The topological polar surface area (TPSA) is 62.7 Å². The fourth-order valence-corrected chi connectivity index (χ4v) is 2.16. The van der Waals surface area contributed by atoms with E-state index < -0.39 is 6.04 Å². The molecule has 0 spiro atoms. The predicted molar refractivity (Wildman–Crippen MR) is 80.3 cm³/mol. The molecule has 0 radical (unpaired) electrons. The molecule has 2 aromatic rings. The van der Waals surface area contributed by atoms with E-state index in [4.69, 9.17) is 4.74 Å². The minimum absolute atomic E-state index is 0.118. The number of carbonyl (C=O) groups is 1. The van der Waals surface area contributed by atoms with Crippen LogP contribution in [0, 0.1) is 0 Å². The van der Waals surface area contributed by atoms with E-state index in [1.54, 1.807) is 7.05 Å². The summed E-state index contributed by atoms with van der Waals surface area (Å²) in [7, 11) is 1.62. The molecule has 1 atom stereocenters. The molecule has 0 aromatic heterocycles. The molecule has 2 N–H and O–H groups in total. The van der Waals surface area contributed by atoms with Crippen molar-refractivity contribution in [3.05, 3.63) is 60.2 Å². The van der Waals surface area contributed by atoms with Crippen molar-refractivity contribution in [2.24, 2.45) is 4.99 Å². The van der Waals surface area contributed by atoms with Gasteiger partial charge in [0.2, 0.25) is 0 Å². The monoisotopic (exact) mass is 281 g/mol. The molecular weight excluding hydrogens is 266 g/mol. The van der Waals surface area contributed by atoms with E-state index in [-0.39, 0.29) is 5.91 Å². The molecule has 0 aliphatic carbocycles. The Morgan fingerprint density at radius 1 is 1.05 bits per heavy atom.